The number of hydrogen-bond donors (Lipinski definition) is 0. The summed E-state index contributed by atoms with van der Waals surface area (Å²) in [5, 5.41) is -0.207. The van der Waals surface area contributed by atoms with Crippen molar-refractivity contribution >= 4 is 37.3 Å². The van der Waals surface area contributed by atoms with E-state index in [2.05, 4.69) is 25.8 Å². The van der Waals surface area contributed by atoms with Crippen molar-refractivity contribution in [1.82, 2.24) is 4.98 Å². The third-order valence-corrected chi connectivity index (χ3v) is 7.95. The van der Waals surface area contributed by atoms with Gasteiger partial charge in [-0.1, -0.05) is 46.3 Å². The molecular weight excluding hydrogens is 521 g/mol. The monoisotopic (exact) mass is 541 g/mol. The van der Waals surface area contributed by atoms with Gasteiger partial charge in [0.25, 0.3) is 0 Å². The normalized spacial score (nSPS) is 14.4. The lowest BCUT2D eigenvalue weighted by Gasteiger charge is -2.36. The number of nitrogens with zero attached hydrogens (tertiary/aromatic N) is 3. The minimum Gasteiger partial charge on any atom is -0.419 e. The molecule has 9 heteroatoms. The molecule has 0 N–H and O–H groups in total. The highest BCUT2D eigenvalue weighted by molar-refractivity contribution is 9.10. The first-order valence-corrected chi connectivity index (χ1v) is 13.0. The first kappa shape index (κ1) is 22.6. The number of halogens is 2. The average Bonchev–Trinajstić information content (AvgIpc) is 3.31. The summed E-state index contributed by atoms with van der Waals surface area (Å²) < 4.78 is 48.3. The molecule has 0 radical (unpaired) electrons. The van der Waals surface area contributed by atoms with E-state index in [1.807, 2.05) is 35.2 Å². The van der Waals surface area contributed by atoms with Crippen LogP contribution in [0.4, 0.5) is 16.0 Å². The summed E-state index contributed by atoms with van der Waals surface area (Å²) in [6, 6.07) is 22.4. The van der Waals surface area contributed by atoms with Crippen molar-refractivity contribution in [3.8, 4) is 11.5 Å². The van der Waals surface area contributed by atoms with Crippen LogP contribution in [0.5, 0.6) is 0 Å². The lowest BCUT2D eigenvalue weighted by atomic mass is 10.2. The zero-order chi connectivity index (χ0) is 23.7. The van der Waals surface area contributed by atoms with E-state index >= 15 is 0 Å². The molecule has 0 atom stereocenters. The predicted molar refractivity (Wildman–Crippen MR) is 132 cm³/mol. The summed E-state index contributed by atoms with van der Waals surface area (Å²) in [7, 11) is -4.00. The molecule has 0 saturated carbocycles. The Morgan fingerprint density at radius 3 is 2.12 bits per heavy atom. The van der Waals surface area contributed by atoms with Crippen LogP contribution in [0.3, 0.4) is 0 Å². The van der Waals surface area contributed by atoms with Crippen LogP contribution in [0.25, 0.3) is 11.5 Å². The number of benzene rings is 3. The fraction of sp³-hybridized carbons (Fsp3) is 0.160. The average molecular weight is 542 g/mol. The fourth-order valence-electron chi connectivity index (χ4n) is 3.95. The van der Waals surface area contributed by atoms with Gasteiger partial charge in [-0.15, -0.1) is 0 Å². The predicted octanol–water partition coefficient (Wildman–Crippen LogP) is 5.40. The van der Waals surface area contributed by atoms with E-state index < -0.39 is 15.7 Å². The molecule has 0 amide bonds. The second kappa shape index (κ2) is 9.23. The third-order valence-electron chi connectivity index (χ3n) is 5.75. The van der Waals surface area contributed by atoms with Gasteiger partial charge in [-0.05, 0) is 48.5 Å². The molecule has 4 aromatic rings. The number of rotatable bonds is 5. The number of oxazole rings is 1. The number of aromatic nitrogens is 1. The summed E-state index contributed by atoms with van der Waals surface area (Å²) >= 11 is 3.33. The van der Waals surface area contributed by atoms with Gasteiger partial charge in [0.1, 0.15) is 5.82 Å². The molecule has 174 valence electrons. The van der Waals surface area contributed by atoms with Crippen LogP contribution in [0.1, 0.15) is 0 Å². The molecule has 0 aliphatic carbocycles. The Labute approximate surface area is 205 Å². The number of sulfone groups is 1. The highest BCUT2D eigenvalue weighted by atomic mass is 79.9. The molecule has 2 heterocycles. The zero-order valence-electron chi connectivity index (χ0n) is 18.1. The van der Waals surface area contributed by atoms with Crippen molar-refractivity contribution in [2.75, 3.05) is 36.0 Å². The summed E-state index contributed by atoms with van der Waals surface area (Å²) in [6.07, 6.45) is 0. The first-order valence-electron chi connectivity index (χ1n) is 10.7. The maximum Gasteiger partial charge on any atom is 0.236 e. The quantitative estimate of drug-likeness (QED) is 0.337. The smallest absolute Gasteiger partial charge is 0.236 e. The number of anilines is 2. The highest BCUT2D eigenvalue weighted by Crippen LogP contribution is 2.36. The van der Waals surface area contributed by atoms with E-state index in [0.717, 1.165) is 10.2 Å². The van der Waals surface area contributed by atoms with Crippen molar-refractivity contribution in [1.29, 1.82) is 0 Å². The van der Waals surface area contributed by atoms with Gasteiger partial charge in [0.2, 0.25) is 26.6 Å². The van der Waals surface area contributed by atoms with E-state index in [0.29, 0.717) is 26.2 Å². The van der Waals surface area contributed by atoms with E-state index in [4.69, 9.17) is 4.42 Å². The van der Waals surface area contributed by atoms with Crippen molar-refractivity contribution in [3.05, 3.63) is 89.2 Å². The molecule has 1 saturated heterocycles. The second-order valence-corrected chi connectivity index (χ2v) is 10.7. The molecule has 1 aliphatic rings. The molecule has 1 aromatic heterocycles. The van der Waals surface area contributed by atoms with Gasteiger partial charge in [-0.3, -0.25) is 0 Å². The van der Waals surface area contributed by atoms with Crippen LogP contribution in [-0.2, 0) is 9.84 Å². The standard InChI is InChI=1S/C25H21BrFN3O3S/c26-18-10-12-20(13-11-18)34(31,32)24-25(33-23(28-24)21-8-4-5-9-22(21)27)30-16-14-29(15-17-30)19-6-2-1-3-7-19/h1-13H,14-17H2. The van der Waals surface area contributed by atoms with Gasteiger partial charge in [-0.25, -0.2) is 12.8 Å². The molecule has 0 spiro atoms. The maximum atomic E-state index is 14.5. The third kappa shape index (κ3) is 4.33. The Morgan fingerprint density at radius 2 is 1.44 bits per heavy atom. The Kier molecular flexibility index (Phi) is 6.14. The topological polar surface area (TPSA) is 66.7 Å². The van der Waals surface area contributed by atoms with Crippen molar-refractivity contribution in [2.45, 2.75) is 9.92 Å². The van der Waals surface area contributed by atoms with E-state index in [1.165, 1.54) is 24.3 Å². The summed E-state index contributed by atoms with van der Waals surface area (Å²) in [5.41, 5.74) is 1.22. The van der Waals surface area contributed by atoms with Crippen LogP contribution < -0.4 is 9.80 Å². The first-order chi connectivity index (χ1) is 16.4. The van der Waals surface area contributed by atoms with Gasteiger partial charge in [0.15, 0.2) is 0 Å². The lowest BCUT2D eigenvalue weighted by molar-refractivity contribution is 0.521. The Balaban J connectivity index is 1.53. The van der Waals surface area contributed by atoms with E-state index in [9.17, 15) is 12.8 Å². The van der Waals surface area contributed by atoms with Crippen molar-refractivity contribution in [2.24, 2.45) is 0 Å². The summed E-state index contributed by atoms with van der Waals surface area (Å²) in [4.78, 5) is 8.49. The fourth-order valence-corrected chi connectivity index (χ4v) is 5.54. The van der Waals surface area contributed by atoms with E-state index in [-0.39, 0.29) is 27.3 Å². The van der Waals surface area contributed by atoms with Crippen LogP contribution >= 0.6 is 15.9 Å². The minimum absolute atomic E-state index is 0.0609. The molecule has 1 fully saturated rings. The van der Waals surface area contributed by atoms with Crippen LogP contribution in [-0.4, -0.2) is 39.6 Å². The van der Waals surface area contributed by atoms with Crippen molar-refractivity contribution < 1.29 is 17.2 Å². The van der Waals surface area contributed by atoms with Crippen molar-refractivity contribution in [3.63, 3.8) is 0 Å². The van der Waals surface area contributed by atoms with Gasteiger partial charge >= 0.3 is 0 Å². The molecule has 5 rings (SSSR count). The lowest BCUT2D eigenvalue weighted by Crippen LogP contribution is -2.46. The zero-order valence-corrected chi connectivity index (χ0v) is 20.5. The van der Waals surface area contributed by atoms with Crippen LogP contribution in [0.15, 0.2) is 97.7 Å². The molecular formula is C25H21BrFN3O3S. The highest BCUT2D eigenvalue weighted by Gasteiger charge is 2.33. The summed E-state index contributed by atoms with van der Waals surface area (Å²) in [5.74, 6) is -0.458. The van der Waals surface area contributed by atoms with Crippen LogP contribution in [0, 0.1) is 5.82 Å². The van der Waals surface area contributed by atoms with E-state index in [1.54, 1.807) is 24.3 Å². The molecule has 0 bridgehead atoms. The number of hydrogen-bond acceptors (Lipinski definition) is 6. The largest absolute Gasteiger partial charge is 0.419 e. The molecule has 3 aromatic carbocycles. The molecule has 34 heavy (non-hydrogen) atoms. The molecule has 1 aliphatic heterocycles. The van der Waals surface area contributed by atoms with Gasteiger partial charge in [0.05, 0.1) is 10.5 Å². The maximum absolute atomic E-state index is 14.5. The molecule has 6 nitrogen and oxygen atoms in total. The summed E-state index contributed by atoms with van der Waals surface area (Å²) in [6.45, 7) is 2.42. The number of piperazine rings is 1. The van der Waals surface area contributed by atoms with Gasteiger partial charge in [0, 0.05) is 36.3 Å². The second-order valence-electron chi connectivity index (χ2n) is 7.88. The Bertz CT molecular complexity index is 1400. The minimum atomic E-state index is -4.00. The molecule has 0 unspecified atom stereocenters. The van der Waals surface area contributed by atoms with Crippen LogP contribution in [0.2, 0.25) is 0 Å². The Hall–Kier alpha value is -3.17. The van der Waals surface area contributed by atoms with Gasteiger partial charge in [-0.2, -0.15) is 4.98 Å². The SMILES string of the molecule is O=S(=O)(c1ccc(Br)cc1)c1nc(-c2ccccc2F)oc1N1CCN(c2ccccc2)CC1. The Morgan fingerprint density at radius 1 is 0.824 bits per heavy atom. The number of para-hydroxylation sites is 1. The van der Waals surface area contributed by atoms with Gasteiger partial charge < -0.3 is 14.2 Å².